The molecule has 4 heteroatoms. The summed E-state index contributed by atoms with van der Waals surface area (Å²) in [6, 6.07) is 4.76. The molecule has 0 saturated carbocycles. The lowest BCUT2D eigenvalue weighted by Crippen LogP contribution is -2.33. The summed E-state index contributed by atoms with van der Waals surface area (Å²) in [5.74, 6) is 0. The Kier molecular flexibility index (Phi) is 4.88. The molecule has 118 valence electrons. The van der Waals surface area contributed by atoms with Crippen LogP contribution in [0.4, 0.5) is 0 Å². The zero-order valence-corrected chi connectivity index (χ0v) is 13.7. The fourth-order valence-electron chi connectivity index (χ4n) is 3.43. The van der Waals surface area contributed by atoms with Gasteiger partial charge in [-0.3, -0.25) is 14.6 Å². The molecule has 0 aliphatic carbocycles. The van der Waals surface area contributed by atoms with Crippen LogP contribution >= 0.6 is 0 Å². The van der Waals surface area contributed by atoms with Gasteiger partial charge in [0.05, 0.1) is 6.20 Å². The Bertz CT molecular complexity index is 590. The number of aryl methyl sites for hydroxylation is 1. The lowest BCUT2D eigenvalue weighted by Gasteiger charge is -2.35. The number of pyridine rings is 1. The van der Waals surface area contributed by atoms with Crippen LogP contribution in [0, 0.1) is 6.92 Å². The first-order chi connectivity index (χ1) is 10.8. The molecule has 0 unspecified atom stereocenters. The standard InChI is InChI=1S/C18H26N4/c1-3-10-22-15(2)17(13-20-22)14-21-11-5-4-8-18(21)16-7-6-9-19-12-16/h6-7,9,12-13,18H,3-5,8,10-11,14H2,1-2H3/t18-/m0/s1. The van der Waals surface area contributed by atoms with Crippen molar-refractivity contribution in [3.05, 3.63) is 47.5 Å². The molecule has 1 fully saturated rings. The Morgan fingerprint density at radius 1 is 1.27 bits per heavy atom. The van der Waals surface area contributed by atoms with Crippen molar-refractivity contribution in [2.24, 2.45) is 0 Å². The van der Waals surface area contributed by atoms with E-state index in [0.717, 1.165) is 26.1 Å². The van der Waals surface area contributed by atoms with Crippen molar-refractivity contribution in [2.75, 3.05) is 6.54 Å². The summed E-state index contributed by atoms with van der Waals surface area (Å²) >= 11 is 0. The number of aromatic nitrogens is 3. The monoisotopic (exact) mass is 298 g/mol. The van der Waals surface area contributed by atoms with Crippen molar-refractivity contribution in [1.82, 2.24) is 19.7 Å². The van der Waals surface area contributed by atoms with E-state index >= 15 is 0 Å². The van der Waals surface area contributed by atoms with Crippen LogP contribution in [0.25, 0.3) is 0 Å². The van der Waals surface area contributed by atoms with Gasteiger partial charge in [-0.05, 0) is 44.4 Å². The predicted molar refractivity (Wildman–Crippen MR) is 88.5 cm³/mol. The van der Waals surface area contributed by atoms with Gasteiger partial charge in [0.1, 0.15) is 0 Å². The molecule has 3 rings (SSSR count). The van der Waals surface area contributed by atoms with Crippen LogP contribution in [0.1, 0.15) is 55.5 Å². The Labute approximate surface area is 133 Å². The van der Waals surface area contributed by atoms with Crippen molar-refractivity contribution in [1.29, 1.82) is 0 Å². The zero-order valence-electron chi connectivity index (χ0n) is 13.7. The van der Waals surface area contributed by atoms with Gasteiger partial charge in [-0.15, -0.1) is 0 Å². The van der Waals surface area contributed by atoms with E-state index in [0.29, 0.717) is 6.04 Å². The van der Waals surface area contributed by atoms with Crippen LogP contribution in [-0.4, -0.2) is 26.2 Å². The molecule has 0 amide bonds. The maximum atomic E-state index is 4.55. The first kappa shape index (κ1) is 15.2. The van der Waals surface area contributed by atoms with Crippen LogP contribution < -0.4 is 0 Å². The van der Waals surface area contributed by atoms with Gasteiger partial charge in [-0.1, -0.05) is 19.4 Å². The second-order valence-corrected chi connectivity index (χ2v) is 6.25. The smallest absolute Gasteiger partial charge is 0.0537 e. The normalized spacial score (nSPS) is 19.5. The average Bonchev–Trinajstić information content (AvgIpc) is 2.90. The fraction of sp³-hybridized carbons (Fsp3) is 0.556. The molecule has 4 nitrogen and oxygen atoms in total. The number of nitrogens with zero attached hydrogens (tertiary/aromatic N) is 4. The maximum Gasteiger partial charge on any atom is 0.0537 e. The van der Waals surface area contributed by atoms with E-state index in [1.807, 2.05) is 18.5 Å². The van der Waals surface area contributed by atoms with Crippen molar-refractivity contribution in [3.8, 4) is 0 Å². The highest BCUT2D eigenvalue weighted by atomic mass is 15.3. The lowest BCUT2D eigenvalue weighted by molar-refractivity contribution is 0.140. The van der Waals surface area contributed by atoms with E-state index in [2.05, 4.69) is 45.8 Å². The first-order valence-electron chi connectivity index (χ1n) is 8.45. The number of hydrogen-bond donors (Lipinski definition) is 0. The van der Waals surface area contributed by atoms with Gasteiger partial charge in [0, 0.05) is 42.8 Å². The van der Waals surface area contributed by atoms with Gasteiger partial charge in [0.2, 0.25) is 0 Å². The highest BCUT2D eigenvalue weighted by Gasteiger charge is 2.25. The van der Waals surface area contributed by atoms with Gasteiger partial charge in [0.15, 0.2) is 0 Å². The molecular formula is C18H26N4. The third kappa shape index (κ3) is 3.22. The molecule has 1 aliphatic rings. The summed E-state index contributed by atoms with van der Waals surface area (Å²) in [5.41, 5.74) is 4.03. The Hall–Kier alpha value is -1.68. The molecular weight excluding hydrogens is 272 g/mol. The second-order valence-electron chi connectivity index (χ2n) is 6.25. The lowest BCUT2D eigenvalue weighted by atomic mass is 9.96. The molecule has 0 bridgehead atoms. The van der Waals surface area contributed by atoms with Gasteiger partial charge in [-0.2, -0.15) is 5.10 Å². The highest BCUT2D eigenvalue weighted by Crippen LogP contribution is 2.32. The Morgan fingerprint density at radius 3 is 2.95 bits per heavy atom. The van der Waals surface area contributed by atoms with Gasteiger partial charge in [-0.25, -0.2) is 0 Å². The molecule has 0 spiro atoms. The summed E-state index contributed by atoms with van der Waals surface area (Å²) in [5, 5.41) is 4.55. The van der Waals surface area contributed by atoms with Gasteiger partial charge >= 0.3 is 0 Å². The van der Waals surface area contributed by atoms with Gasteiger partial charge in [0.25, 0.3) is 0 Å². The predicted octanol–water partition coefficient (Wildman–Crippen LogP) is 3.72. The minimum absolute atomic E-state index is 0.497. The largest absolute Gasteiger partial charge is 0.292 e. The number of likely N-dealkylation sites (tertiary alicyclic amines) is 1. The summed E-state index contributed by atoms with van der Waals surface area (Å²) in [7, 11) is 0. The van der Waals surface area contributed by atoms with Crippen LogP contribution in [0.15, 0.2) is 30.7 Å². The number of rotatable bonds is 5. The molecule has 0 N–H and O–H groups in total. The van der Waals surface area contributed by atoms with Gasteiger partial charge < -0.3 is 0 Å². The van der Waals surface area contributed by atoms with Crippen molar-refractivity contribution >= 4 is 0 Å². The van der Waals surface area contributed by atoms with E-state index in [1.165, 1.54) is 36.1 Å². The third-order valence-corrected chi connectivity index (χ3v) is 4.70. The Morgan fingerprint density at radius 2 is 2.18 bits per heavy atom. The molecule has 1 atom stereocenters. The van der Waals surface area contributed by atoms with Crippen molar-refractivity contribution < 1.29 is 0 Å². The molecule has 0 aromatic carbocycles. The molecule has 0 radical (unpaired) electrons. The molecule has 3 heterocycles. The topological polar surface area (TPSA) is 34.0 Å². The molecule has 2 aromatic heterocycles. The Balaban J connectivity index is 1.77. The summed E-state index contributed by atoms with van der Waals surface area (Å²) in [6.45, 7) is 7.57. The highest BCUT2D eigenvalue weighted by molar-refractivity contribution is 5.19. The van der Waals surface area contributed by atoms with E-state index in [9.17, 15) is 0 Å². The summed E-state index contributed by atoms with van der Waals surface area (Å²) in [4.78, 5) is 6.90. The van der Waals surface area contributed by atoms with Crippen LogP contribution in [0.2, 0.25) is 0 Å². The first-order valence-corrected chi connectivity index (χ1v) is 8.45. The summed E-state index contributed by atoms with van der Waals surface area (Å²) < 4.78 is 2.14. The SMILES string of the molecule is CCCn1ncc(CN2CCCC[C@H]2c2cccnc2)c1C. The van der Waals surface area contributed by atoms with Crippen molar-refractivity contribution in [3.63, 3.8) is 0 Å². The fourth-order valence-corrected chi connectivity index (χ4v) is 3.43. The minimum Gasteiger partial charge on any atom is -0.292 e. The van der Waals surface area contributed by atoms with Crippen LogP contribution in [0.3, 0.4) is 0 Å². The maximum absolute atomic E-state index is 4.55. The van der Waals surface area contributed by atoms with Crippen molar-refractivity contribution in [2.45, 2.75) is 58.7 Å². The quantitative estimate of drug-likeness (QED) is 0.843. The minimum atomic E-state index is 0.497. The summed E-state index contributed by atoms with van der Waals surface area (Å²) in [6.07, 6.45) is 10.9. The molecule has 1 saturated heterocycles. The van der Waals surface area contributed by atoms with E-state index in [-0.39, 0.29) is 0 Å². The third-order valence-electron chi connectivity index (χ3n) is 4.70. The molecule has 1 aliphatic heterocycles. The van der Waals surface area contributed by atoms with E-state index < -0.39 is 0 Å². The molecule has 2 aromatic rings. The number of piperidine rings is 1. The second kappa shape index (κ2) is 7.05. The van der Waals surface area contributed by atoms with E-state index in [4.69, 9.17) is 0 Å². The molecule has 22 heavy (non-hydrogen) atoms. The van der Waals surface area contributed by atoms with Crippen LogP contribution in [-0.2, 0) is 13.1 Å². The zero-order chi connectivity index (χ0) is 15.4. The number of hydrogen-bond acceptors (Lipinski definition) is 3. The van der Waals surface area contributed by atoms with Crippen LogP contribution in [0.5, 0.6) is 0 Å². The average molecular weight is 298 g/mol. The van der Waals surface area contributed by atoms with E-state index in [1.54, 1.807) is 0 Å².